The number of aliphatic hydroxyl groups excluding tert-OH is 1. The van der Waals surface area contributed by atoms with Gasteiger partial charge in [-0.1, -0.05) is 19.8 Å². The molecule has 0 aromatic carbocycles. The van der Waals surface area contributed by atoms with Gasteiger partial charge in [0, 0.05) is 29.6 Å². The molecule has 6 heteroatoms. The number of nitrogens with one attached hydrogen (secondary N) is 2. The third kappa shape index (κ3) is 4.68. The van der Waals surface area contributed by atoms with Crippen LogP contribution >= 0.6 is 11.3 Å². The highest BCUT2D eigenvalue weighted by molar-refractivity contribution is 7.11. The van der Waals surface area contributed by atoms with Crippen LogP contribution < -0.4 is 10.6 Å². The van der Waals surface area contributed by atoms with Crippen LogP contribution in [0.15, 0.2) is 11.2 Å². The van der Waals surface area contributed by atoms with Gasteiger partial charge in [0.05, 0.1) is 12.6 Å². The Bertz CT molecular complexity index is 502. The fourth-order valence-corrected chi connectivity index (χ4v) is 3.55. The van der Waals surface area contributed by atoms with E-state index in [4.69, 9.17) is 0 Å². The molecule has 1 aromatic rings. The molecule has 1 fully saturated rings. The lowest BCUT2D eigenvalue weighted by Gasteiger charge is -2.38. The monoisotopic (exact) mass is 324 g/mol. The SMILES string of the molecule is CCNC(=NCc1ncc(C)s1)NCC1(C)CCCCC1O. The van der Waals surface area contributed by atoms with E-state index < -0.39 is 0 Å². The number of aryl methyl sites for hydroxylation is 1. The molecule has 1 aliphatic carbocycles. The van der Waals surface area contributed by atoms with E-state index in [1.807, 2.05) is 6.20 Å². The standard InChI is InChI=1S/C16H28N4OS/c1-4-17-15(19-10-14-18-9-12(2)22-14)20-11-16(3)8-6-5-7-13(16)21/h9,13,21H,4-8,10-11H2,1-3H3,(H2,17,19,20). The maximum Gasteiger partial charge on any atom is 0.191 e. The van der Waals surface area contributed by atoms with Crippen molar-refractivity contribution in [1.29, 1.82) is 0 Å². The van der Waals surface area contributed by atoms with Crippen LogP contribution in [0.4, 0.5) is 0 Å². The van der Waals surface area contributed by atoms with E-state index in [1.165, 1.54) is 11.3 Å². The van der Waals surface area contributed by atoms with E-state index in [2.05, 4.69) is 41.4 Å². The fourth-order valence-electron chi connectivity index (χ4n) is 2.84. The summed E-state index contributed by atoms with van der Waals surface area (Å²) in [5.74, 6) is 0.800. The normalized spacial score (nSPS) is 26.0. The van der Waals surface area contributed by atoms with Gasteiger partial charge in [0.2, 0.25) is 0 Å². The molecular weight excluding hydrogens is 296 g/mol. The van der Waals surface area contributed by atoms with E-state index in [0.717, 1.165) is 43.3 Å². The van der Waals surface area contributed by atoms with Crippen LogP contribution in [-0.2, 0) is 6.54 Å². The van der Waals surface area contributed by atoms with Crippen molar-refractivity contribution in [3.05, 3.63) is 16.1 Å². The average Bonchev–Trinajstić information content (AvgIpc) is 2.91. The Hall–Kier alpha value is -1.14. The molecule has 1 aromatic heterocycles. The fraction of sp³-hybridized carbons (Fsp3) is 0.750. The van der Waals surface area contributed by atoms with Gasteiger partial charge in [-0.3, -0.25) is 0 Å². The average molecular weight is 324 g/mol. The lowest BCUT2D eigenvalue weighted by atomic mass is 9.73. The molecule has 2 atom stereocenters. The summed E-state index contributed by atoms with van der Waals surface area (Å²) in [6.45, 7) is 8.44. The summed E-state index contributed by atoms with van der Waals surface area (Å²) in [6.07, 6.45) is 5.96. The van der Waals surface area contributed by atoms with E-state index in [0.29, 0.717) is 6.54 Å². The molecular formula is C16H28N4OS. The highest BCUT2D eigenvalue weighted by Gasteiger charge is 2.35. The lowest BCUT2D eigenvalue weighted by molar-refractivity contribution is 0.00397. The minimum Gasteiger partial charge on any atom is -0.392 e. The van der Waals surface area contributed by atoms with Crippen LogP contribution in [0.5, 0.6) is 0 Å². The summed E-state index contributed by atoms with van der Waals surface area (Å²) in [7, 11) is 0. The Morgan fingerprint density at radius 3 is 2.95 bits per heavy atom. The zero-order chi connectivity index (χ0) is 16.0. The maximum atomic E-state index is 10.3. The largest absolute Gasteiger partial charge is 0.392 e. The quantitative estimate of drug-likeness (QED) is 0.575. The van der Waals surface area contributed by atoms with E-state index >= 15 is 0 Å². The van der Waals surface area contributed by atoms with Crippen LogP contribution in [-0.4, -0.2) is 35.2 Å². The van der Waals surface area contributed by atoms with Crippen molar-refractivity contribution in [2.45, 2.75) is 59.1 Å². The number of rotatable bonds is 5. The molecule has 2 rings (SSSR count). The predicted octanol–water partition coefficient (Wildman–Crippen LogP) is 2.45. The molecule has 0 radical (unpaired) electrons. The number of aromatic nitrogens is 1. The van der Waals surface area contributed by atoms with Crippen LogP contribution in [0.2, 0.25) is 0 Å². The van der Waals surface area contributed by atoms with Gasteiger partial charge in [-0.25, -0.2) is 9.98 Å². The number of hydrogen-bond donors (Lipinski definition) is 3. The summed E-state index contributed by atoms with van der Waals surface area (Å²) < 4.78 is 0. The first-order valence-corrected chi connectivity index (χ1v) is 8.97. The van der Waals surface area contributed by atoms with Crippen molar-refractivity contribution in [1.82, 2.24) is 15.6 Å². The summed E-state index contributed by atoms with van der Waals surface area (Å²) in [5, 5.41) is 18.0. The molecule has 22 heavy (non-hydrogen) atoms. The van der Waals surface area contributed by atoms with Crippen molar-refractivity contribution in [2.24, 2.45) is 10.4 Å². The predicted molar refractivity (Wildman–Crippen MR) is 92.3 cm³/mol. The van der Waals surface area contributed by atoms with Gasteiger partial charge in [-0.05, 0) is 26.7 Å². The molecule has 3 N–H and O–H groups in total. The zero-order valence-corrected chi connectivity index (χ0v) is 14.7. The number of hydrogen-bond acceptors (Lipinski definition) is 4. The van der Waals surface area contributed by atoms with E-state index in [1.54, 1.807) is 11.3 Å². The number of thiazole rings is 1. The minimum atomic E-state index is -0.224. The van der Waals surface area contributed by atoms with Gasteiger partial charge in [0.25, 0.3) is 0 Å². The second-order valence-electron chi connectivity index (χ2n) is 6.33. The van der Waals surface area contributed by atoms with Crippen molar-refractivity contribution in [3.63, 3.8) is 0 Å². The van der Waals surface area contributed by atoms with Gasteiger partial charge in [0.15, 0.2) is 5.96 Å². The smallest absolute Gasteiger partial charge is 0.191 e. The van der Waals surface area contributed by atoms with Crippen molar-refractivity contribution in [3.8, 4) is 0 Å². The number of aliphatic hydroxyl groups is 1. The Balaban J connectivity index is 1.93. The third-order valence-electron chi connectivity index (χ3n) is 4.33. The van der Waals surface area contributed by atoms with Crippen molar-refractivity contribution in [2.75, 3.05) is 13.1 Å². The molecule has 0 spiro atoms. The molecule has 0 amide bonds. The topological polar surface area (TPSA) is 69.5 Å². The minimum absolute atomic E-state index is 0.0633. The van der Waals surface area contributed by atoms with Gasteiger partial charge < -0.3 is 15.7 Å². The maximum absolute atomic E-state index is 10.3. The highest BCUT2D eigenvalue weighted by atomic mass is 32.1. The number of guanidine groups is 1. The molecule has 0 saturated heterocycles. The summed E-state index contributed by atoms with van der Waals surface area (Å²) in [5.41, 5.74) is -0.0633. The Morgan fingerprint density at radius 2 is 2.32 bits per heavy atom. The molecule has 5 nitrogen and oxygen atoms in total. The van der Waals surface area contributed by atoms with Gasteiger partial charge in [0.1, 0.15) is 5.01 Å². The number of aliphatic imine (C=N–C) groups is 1. The van der Waals surface area contributed by atoms with Crippen LogP contribution in [0.3, 0.4) is 0 Å². The van der Waals surface area contributed by atoms with E-state index in [-0.39, 0.29) is 11.5 Å². The zero-order valence-electron chi connectivity index (χ0n) is 13.9. The molecule has 0 aliphatic heterocycles. The Kier molecular flexibility index (Phi) is 6.20. The second-order valence-corrected chi connectivity index (χ2v) is 7.65. The second kappa shape index (κ2) is 7.92. The van der Waals surface area contributed by atoms with Crippen LogP contribution in [0, 0.1) is 12.3 Å². The lowest BCUT2D eigenvalue weighted by Crippen LogP contribution is -2.48. The summed E-state index contributed by atoms with van der Waals surface area (Å²) in [6, 6.07) is 0. The number of nitrogens with zero attached hydrogens (tertiary/aromatic N) is 2. The van der Waals surface area contributed by atoms with Crippen molar-refractivity contribution >= 4 is 17.3 Å². The van der Waals surface area contributed by atoms with Gasteiger partial charge >= 0.3 is 0 Å². The summed E-state index contributed by atoms with van der Waals surface area (Å²) in [4.78, 5) is 10.1. The molecule has 2 unspecified atom stereocenters. The summed E-state index contributed by atoms with van der Waals surface area (Å²) >= 11 is 1.68. The third-order valence-corrected chi connectivity index (χ3v) is 5.22. The first-order valence-electron chi connectivity index (χ1n) is 8.15. The van der Waals surface area contributed by atoms with Crippen LogP contribution in [0.1, 0.15) is 49.4 Å². The molecule has 1 aliphatic rings. The molecule has 1 heterocycles. The van der Waals surface area contributed by atoms with Gasteiger partial charge in [-0.15, -0.1) is 11.3 Å². The first kappa shape index (κ1) is 17.2. The highest BCUT2D eigenvalue weighted by Crippen LogP contribution is 2.35. The molecule has 124 valence electrons. The van der Waals surface area contributed by atoms with Crippen LogP contribution in [0.25, 0.3) is 0 Å². The first-order chi connectivity index (χ1) is 10.5. The van der Waals surface area contributed by atoms with Crippen molar-refractivity contribution < 1.29 is 5.11 Å². The van der Waals surface area contributed by atoms with E-state index in [9.17, 15) is 5.11 Å². The Morgan fingerprint density at radius 1 is 1.50 bits per heavy atom. The molecule has 0 bridgehead atoms. The van der Waals surface area contributed by atoms with Gasteiger partial charge in [-0.2, -0.15) is 0 Å². The molecule has 1 saturated carbocycles. The Labute approximate surface area is 137 Å².